The van der Waals surface area contributed by atoms with Gasteiger partial charge in [0.25, 0.3) is 0 Å². The fraction of sp³-hybridized carbons (Fsp3) is 0.273. The molecule has 0 amide bonds. The summed E-state index contributed by atoms with van der Waals surface area (Å²) in [4.78, 5) is 51.3. The topological polar surface area (TPSA) is 128 Å². The van der Waals surface area contributed by atoms with Crippen LogP contribution in [0.3, 0.4) is 0 Å². The third kappa shape index (κ3) is 2.06. The zero-order valence-corrected chi connectivity index (χ0v) is 17.1. The molecule has 0 saturated carbocycles. The predicted octanol–water partition coefficient (Wildman–Crippen LogP) is 1.72. The van der Waals surface area contributed by atoms with Gasteiger partial charge in [-0.1, -0.05) is 6.92 Å². The predicted molar refractivity (Wildman–Crippen MR) is 106 cm³/mol. The van der Waals surface area contributed by atoms with E-state index in [4.69, 9.17) is 4.42 Å². The van der Waals surface area contributed by atoms with Crippen molar-refractivity contribution in [2.75, 3.05) is 12.3 Å². The summed E-state index contributed by atoms with van der Waals surface area (Å²) in [5, 5.41) is 2.76. The van der Waals surface area contributed by atoms with Gasteiger partial charge in [0, 0.05) is 40.6 Å². The number of hydrogen-bond acceptors (Lipinski definition) is 8. The highest BCUT2D eigenvalue weighted by Crippen LogP contribution is 2.50. The highest BCUT2D eigenvalue weighted by Gasteiger charge is 2.50. The minimum atomic E-state index is -3.91. The van der Waals surface area contributed by atoms with Gasteiger partial charge in [0.1, 0.15) is 16.9 Å². The molecule has 1 N–H and O–H groups in total. The Morgan fingerprint density at radius 3 is 2.48 bits per heavy atom. The van der Waals surface area contributed by atoms with Crippen LogP contribution < -0.4 is 5.32 Å². The molecular formula is C22H15NO7S. The van der Waals surface area contributed by atoms with Crippen LogP contribution in [0.15, 0.2) is 33.4 Å². The van der Waals surface area contributed by atoms with Crippen LogP contribution >= 0.6 is 0 Å². The van der Waals surface area contributed by atoms with E-state index in [9.17, 15) is 27.6 Å². The molecule has 3 aliphatic carbocycles. The van der Waals surface area contributed by atoms with Crippen molar-refractivity contribution in [3.63, 3.8) is 0 Å². The first-order valence-corrected chi connectivity index (χ1v) is 11.5. The van der Waals surface area contributed by atoms with Crippen molar-refractivity contribution in [3.05, 3.63) is 68.1 Å². The van der Waals surface area contributed by atoms with Crippen molar-refractivity contribution < 1.29 is 32.0 Å². The Morgan fingerprint density at radius 1 is 0.968 bits per heavy atom. The SMILES string of the molecule is CC12CCC(=O)c3coc(c31)C(=O)c1cc3c(cc12)C(=O)C1=C(C3=O)S(=O)(=O)CCN1. The Morgan fingerprint density at radius 2 is 1.71 bits per heavy atom. The van der Waals surface area contributed by atoms with E-state index in [1.165, 1.54) is 18.4 Å². The lowest BCUT2D eigenvalue weighted by molar-refractivity contribution is 0.0955. The number of furan rings is 1. The number of ketones is 4. The monoisotopic (exact) mass is 437 g/mol. The van der Waals surface area contributed by atoms with E-state index in [1.54, 1.807) is 0 Å². The quantitative estimate of drug-likeness (QED) is 0.660. The Labute approximate surface area is 176 Å². The van der Waals surface area contributed by atoms with E-state index in [0.29, 0.717) is 23.1 Å². The molecule has 4 aliphatic rings. The van der Waals surface area contributed by atoms with E-state index < -0.39 is 37.5 Å². The summed E-state index contributed by atoms with van der Waals surface area (Å²) in [6.07, 6.45) is 1.98. The number of fused-ring (bicyclic) bond motifs is 3. The van der Waals surface area contributed by atoms with Crippen LogP contribution in [-0.2, 0) is 15.3 Å². The summed E-state index contributed by atoms with van der Waals surface area (Å²) >= 11 is 0. The van der Waals surface area contributed by atoms with Crippen molar-refractivity contribution in [2.45, 2.75) is 25.2 Å². The van der Waals surface area contributed by atoms with Gasteiger partial charge in [0.2, 0.25) is 17.3 Å². The number of hydrogen-bond donors (Lipinski definition) is 1. The van der Waals surface area contributed by atoms with Gasteiger partial charge in [-0.15, -0.1) is 0 Å². The van der Waals surface area contributed by atoms with E-state index in [1.807, 2.05) is 6.92 Å². The van der Waals surface area contributed by atoms with Crippen molar-refractivity contribution in [1.82, 2.24) is 5.32 Å². The fourth-order valence-electron chi connectivity index (χ4n) is 5.26. The minimum Gasteiger partial charge on any atom is -0.460 e. The largest absolute Gasteiger partial charge is 0.460 e. The first-order chi connectivity index (χ1) is 14.6. The average molecular weight is 437 g/mol. The Balaban J connectivity index is 1.64. The lowest BCUT2D eigenvalue weighted by Gasteiger charge is -2.39. The molecule has 0 fully saturated rings. The van der Waals surface area contributed by atoms with Gasteiger partial charge in [-0.05, 0) is 24.1 Å². The van der Waals surface area contributed by atoms with Crippen LogP contribution in [0.5, 0.6) is 0 Å². The number of allylic oxidation sites excluding steroid dienone is 2. The third-order valence-electron chi connectivity index (χ3n) is 6.83. The van der Waals surface area contributed by atoms with Gasteiger partial charge in [0.15, 0.2) is 21.4 Å². The van der Waals surface area contributed by atoms with Crippen LogP contribution in [0.2, 0.25) is 0 Å². The molecule has 6 rings (SSSR count). The standard InChI is InChI=1S/C22H15NO7S/c1-22-3-2-14(24)12-8-30-20(15(12)22)18(26)11-6-9-10(7-13(11)22)17(25)16-21(19(9)27)31(28,29)5-4-23-16/h6-8,23H,2-5H2,1H3. The Bertz CT molecular complexity index is 1460. The molecule has 1 atom stereocenters. The van der Waals surface area contributed by atoms with Gasteiger partial charge >= 0.3 is 0 Å². The van der Waals surface area contributed by atoms with E-state index in [2.05, 4.69) is 5.32 Å². The van der Waals surface area contributed by atoms with E-state index in [0.717, 1.165) is 0 Å². The van der Waals surface area contributed by atoms with Gasteiger partial charge in [0.05, 0.1) is 11.3 Å². The van der Waals surface area contributed by atoms with E-state index in [-0.39, 0.29) is 52.6 Å². The Hall–Kier alpha value is -3.33. The molecule has 31 heavy (non-hydrogen) atoms. The third-order valence-corrected chi connectivity index (χ3v) is 8.58. The number of nitrogens with one attached hydrogen (secondary N) is 1. The normalized spacial score (nSPS) is 25.5. The van der Waals surface area contributed by atoms with Crippen LogP contribution in [0.25, 0.3) is 0 Å². The van der Waals surface area contributed by atoms with E-state index >= 15 is 0 Å². The van der Waals surface area contributed by atoms with Crippen LogP contribution in [-0.4, -0.2) is 43.8 Å². The summed E-state index contributed by atoms with van der Waals surface area (Å²) in [5.74, 6) is -2.20. The highest BCUT2D eigenvalue weighted by molar-refractivity contribution is 7.96. The first-order valence-electron chi connectivity index (χ1n) is 9.84. The maximum atomic E-state index is 13.2. The number of Topliss-reactive ketones (excluding diaryl/α,β-unsaturated/α-hetero) is 3. The van der Waals surface area contributed by atoms with Crippen LogP contribution in [0, 0.1) is 0 Å². The maximum absolute atomic E-state index is 13.2. The van der Waals surface area contributed by atoms with Gasteiger partial charge < -0.3 is 9.73 Å². The lowest BCUT2D eigenvalue weighted by atomic mass is 9.62. The summed E-state index contributed by atoms with van der Waals surface area (Å²) < 4.78 is 30.5. The lowest BCUT2D eigenvalue weighted by Crippen LogP contribution is -2.42. The first kappa shape index (κ1) is 18.4. The van der Waals surface area contributed by atoms with Crippen molar-refractivity contribution in [1.29, 1.82) is 0 Å². The molecule has 1 aliphatic heterocycles. The van der Waals surface area contributed by atoms with Crippen LogP contribution in [0.1, 0.15) is 78.1 Å². The number of carbonyl (C=O) groups excluding carboxylic acids is 4. The van der Waals surface area contributed by atoms with Crippen molar-refractivity contribution >= 4 is 33.0 Å². The summed E-state index contributed by atoms with van der Waals surface area (Å²) in [7, 11) is -3.91. The number of sulfone groups is 1. The molecule has 1 unspecified atom stereocenters. The number of rotatable bonds is 0. The van der Waals surface area contributed by atoms with Gasteiger partial charge in [-0.25, -0.2) is 8.42 Å². The summed E-state index contributed by atoms with van der Waals surface area (Å²) in [6.45, 7) is 1.93. The molecule has 0 saturated heterocycles. The molecule has 8 nitrogen and oxygen atoms in total. The zero-order valence-electron chi connectivity index (χ0n) is 16.3. The fourth-order valence-corrected chi connectivity index (χ4v) is 6.70. The second kappa shape index (κ2) is 5.47. The van der Waals surface area contributed by atoms with Crippen LogP contribution in [0.4, 0.5) is 0 Å². The maximum Gasteiger partial charge on any atom is 0.228 e. The van der Waals surface area contributed by atoms with Gasteiger partial charge in [-0.2, -0.15) is 0 Å². The molecule has 1 aromatic heterocycles. The smallest absolute Gasteiger partial charge is 0.228 e. The molecular weight excluding hydrogens is 422 g/mol. The molecule has 156 valence electrons. The summed E-state index contributed by atoms with van der Waals surface area (Å²) in [5.41, 5.74) is 0.633. The second-order valence-corrected chi connectivity index (χ2v) is 10.5. The molecule has 2 heterocycles. The minimum absolute atomic E-state index is 0.0422. The molecule has 2 aromatic rings. The molecule has 9 heteroatoms. The number of benzene rings is 1. The zero-order chi connectivity index (χ0) is 21.9. The van der Waals surface area contributed by atoms with Crippen molar-refractivity contribution in [2.24, 2.45) is 0 Å². The number of carbonyl (C=O) groups is 4. The average Bonchev–Trinajstić information content (AvgIpc) is 3.19. The Kier molecular flexibility index (Phi) is 3.26. The molecule has 0 bridgehead atoms. The van der Waals surface area contributed by atoms with Gasteiger partial charge in [-0.3, -0.25) is 19.2 Å². The highest BCUT2D eigenvalue weighted by atomic mass is 32.2. The molecule has 0 radical (unpaired) electrons. The summed E-state index contributed by atoms with van der Waals surface area (Å²) in [6, 6.07) is 2.83. The van der Waals surface area contributed by atoms with Crippen molar-refractivity contribution in [3.8, 4) is 0 Å². The molecule has 1 aromatic carbocycles. The second-order valence-electron chi connectivity index (χ2n) is 8.49. The molecule has 0 spiro atoms.